The van der Waals surface area contributed by atoms with Crippen molar-refractivity contribution < 1.29 is 14.3 Å². The summed E-state index contributed by atoms with van der Waals surface area (Å²) in [6, 6.07) is 18.2. The van der Waals surface area contributed by atoms with E-state index in [1.807, 2.05) is 42.5 Å². The molecule has 0 saturated heterocycles. The minimum Gasteiger partial charge on any atom is -0.455 e. The van der Waals surface area contributed by atoms with Gasteiger partial charge in [0.15, 0.2) is 6.61 Å². The van der Waals surface area contributed by atoms with E-state index in [1.54, 1.807) is 12.1 Å². The summed E-state index contributed by atoms with van der Waals surface area (Å²) in [6.07, 6.45) is 0.0898. The zero-order valence-electron chi connectivity index (χ0n) is 13.7. The third-order valence-electron chi connectivity index (χ3n) is 3.78. The van der Waals surface area contributed by atoms with E-state index in [4.69, 9.17) is 27.9 Å². The lowest BCUT2D eigenvalue weighted by atomic mass is 10.0. The number of rotatable bonds is 5. The topological polar surface area (TPSA) is 55.4 Å². The average molecular weight is 388 g/mol. The first-order valence-electron chi connectivity index (χ1n) is 7.90. The van der Waals surface area contributed by atoms with Crippen molar-refractivity contribution in [3.8, 4) is 0 Å². The largest absolute Gasteiger partial charge is 0.455 e. The fourth-order valence-corrected chi connectivity index (χ4v) is 2.92. The van der Waals surface area contributed by atoms with E-state index in [-0.39, 0.29) is 6.42 Å². The Kier molecular flexibility index (Phi) is 5.76. The lowest BCUT2D eigenvalue weighted by Gasteiger charge is -2.09. The number of amides is 1. The summed E-state index contributed by atoms with van der Waals surface area (Å²) in [5, 5.41) is 5.40. The molecule has 3 rings (SSSR count). The Morgan fingerprint density at radius 1 is 0.962 bits per heavy atom. The summed E-state index contributed by atoms with van der Waals surface area (Å²) in [6.45, 7) is -0.396. The van der Waals surface area contributed by atoms with Gasteiger partial charge in [-0.15, -0.1) is 0 Å². The molecule has 4 nitrogen and oxygen atoms in total. The molecule has 0 aliphatic heterocycles. The van der Waals surface area contributed by atoms with Crippen LogP contribution in [-0.4, -0.2) is 18.5 Å². The van der Waals surface area contributed by atoms with Gasteiger partial charge in [0.25, 0.3) is 5.91 Å². The molecule has 0 atom stereocenters. The Bertz CT molecular complexity index is 967. The lowest BCUT2D eigenvalue weighted by Crippen LogP contribution is -2.21. The quantitative estimate of drug-likeness (QED) is 0.635. The maximum atomic E-state index is 12.1. The third-order valence-corrected chi connectivity index (χ3v) is 4.35. The summed E-state index contributed by atoms with van der Waals surface area (Å²) in [7, 11) is 0. The number of hydrogen-bond donors (Lipinski definition) is 1. The molecule has 1 amide bonds. The van der Waals surface area contributed by atoms with Gasteiger partial charge in [0, 0.05) is 5.02 Å². The van der Waals surface area contributed by atoms with Gasteiger partial charge in [-0.05, 0) is 34.5 Å². The van der Waals surface area contributed by atoms with Crippen LogP contribution in [0.4, 0.5) is 5.69 Å². The molecular formula is C20H15Cl2NO3. The van der Waals surface area contributed by atoms with Gasteiger partial charge in [-0.1, -0.05) is 65.7 Å². The molecule has 0 aliphatic carbocycles. The summed E-state index contributed by atoms with van der Waals surface area (Å²) < 4.78 is 5.07. The highest BCUT2D eigenvalue weighted by Gasteiger charge is 2.12. The van der Waals surface area contributed by atoms with Gasteiger partial charge in [-0.3, -0.25) is 9.59 Å². The summed E-state index contributed by atoms with van der Waals surface area (Å²) in [5.41, 5.74) is 1.22. The molecule has 0 radical (unpaired) electrons. The summed E-state index contributed by atoms with van der Waals surface area (Å²) in [4.78, 5) is 24.0. The normalized spacial score (nSPS) is 10.5. The van der Waals surface area contributed by atoms with Crippen LogP contribution in [0.1, 0.15) is 5.56 Å². The van der Waals surface area contributed by atoms with Crippen molar-refractivity contribution in [1.29, 1.82) is 0 Å². The van der Waals surface area contributed by atoms with E-state index in [2.05, 4.69) is 5.32 Å². The van der Waals surface area contributed by atoms with E-state index in [0.29, 0.717) is 15.7 Å². The highest BCUT2D eigenvalue weighted by molar-refractivity contribution is 6.35. The van der Waals surface area contributed by atoms with Gasteiger partial charge in [0.1, 0.15) is 0 Å². The first-order valence-corrected chi connectivity index (χ1v) is 8.66. The second-order valence-corrected chi connectivity index (χ2v) is 6.49. The molecule has 0 fully saturated rings. The van der Waals surface area contributed by atoms with Crippen molar-refractivity contribution in [3.05, 3.63) is 76.3 Å². The van der Waals surface area contributed by atoms with Crippen molar-refractivity contribution in [2.24, 2.45) is 0 Å². The van der Waals surface area contributed by atoms with Gasteiger partial charge < -0.3 is 10.1 Å². The Morgan fingerprint density at radius 3 is 2.58 bits per heavy atom. The molecule has 0 saturated carbocycles. The van der Waals surface area contributed by atoms with Gasteiger partial charge in [0.05, 0.1) is 17.1 Å². The first kappa shape index (κ1) is 18.2. The van der Waals surface area contributed by atoms with Crippen molar-refractivity contribution in [2.45, 2.75) is 6.42 Å². The lowest BCUT2D eigenvalue weighted by molar-refractivity contribution is -0.146. The van der Waals surface area contributed by atoms with Crippen molar-refractivity contribution >= 4 is 51.5 Å². The fraction of sp³-hybridized carbons (Fsp3) is 0.100. The average Bonchev–Trinajstić information content (AvgIpc) is 2.63. The number of ether oxygens (including phenoxy) is 1. The molecule has 3 aromatic carbocycles. The Hall–Kier alpha value is -2.56. The second-order valence-electron chi connectivity index (χ2n) is 5.65. The smallest absolute Gasteiger partial charge is 0.310 e. The molecule has 0 heterocycles. The number of carbonyl (C=O) groups excluding carboxylic acids is 2. The van der Waals surface area contributed by atoms with Gasteiger partial charge in [-0.25, -0.2) is 0 Å². The van der Waals surface area contributed by atoms with Crippen molar-refractivity contribution in [1.82, 2.24) is 0 Å². The molecule has 6 heteroatoms. The van der Waals surface area contributed by atoms with E-state index in [1.165, 1.54) is 6.07 Å². The molecule has 3 aromatic rings. The third kappa shape index (κ3) is 4.54. The number of benzene rings is 3. The van der Waals surface area contributed by atoms with Crippen LogP contribution in [0.2, 0.25) is 10.0 Å². The van der Waals surface area contributed by atoms with E-state index < -0.39 is 18.5 Å². The molecule has 1 N–H and O–H groups in total. The van der Waals surface area contributed by atoms with Crippen LogP contribution in [0.3, 0.4) is 0 Å². The van der Waals surface area contributed by atoms with Crippen molar-refractivity contribution in [2.75, 3.05) is 11.9 Å². The number of esters is 1. The van der Waals surface area contributed by atoms with Gasteiger partial charge in [-0.2, -0.15) is 0 Å². The number of halogens is 2. The molecule has 0 aromatic heterocycles. The summed E-state index contributed by atoms with van der Waals surface area (Å²) in [5.74, 6) is -0.964. The molecular weight excluding hydrogens is 373 g/mol. The Labute approximate surface area is 160 Å². The molecule has 132 valence electrons. The molecule has 0 aliphatic rings. The highest BCUT2D eigenvalue weighted by atomic mass is 35.5. The maximum absolute atomic E-state index is 12.1. The second kappa shape index (κ2) is 8.21. The number of hydrogen-bond acceptors (Lipinski definition) is 3. The zero-order valence-corrected chi connectivity index (χ0v) is 15.2. The standard InChI is InChI=1S/C20H15Cl2NO3/c21-15-8-9-17(22)18(11-15)23-19(24)12-26-20(25)10-14-6-3-5-13-4-1-2-7-16(13)14/h1-9,11H,10,12H2,(H,23,24). The van der Waals surface area contributed by atoms with E-state index >= 15 is 0 Å². The number of fused-ring (bicyclic) bond motifs is 1. The number of carbonyl (C=O) groups is 2. The van der Waals surface area contributed by atoms with Crippen LogP contribution in [0.15, 0.2) is 60.7 Å². The Morgan fingerprint density at radius 2 is 1.73 bits per heavy atom. The highest BCUT2D eigenvalue weighted by Crippen LogP contribution is 2.25. The van der Waals surface area contributed by atoms with E-state index in [9.17, 15) is 9.59 Å². The summed E-state index contributed by atoms with van der Waals surface area (Å²) >= 11 is 11.9. The van der Waals surface area contributed by atoms with Gasteiger partial charge in [0.2, 0.25) is 0 Å². The SMILES string of the molecule is O=C(COC(=O)Cc1cccc2ccccc12)Nc1cc(Cl)ccc1Cl. The molecule has 26 heavy (non-hydrogen) atoms. The van der Waals surface area contributed by atoms with Crippen molar-refractivity contribution in [3.63, 3.8) is 0 Å². The van der Waals surface area contributed by atoms with Crippen LogP contribution in [0.25, 0.3) is 10.8 Å². The minimum atomic E-state index is -0.486. The van der Waals surface area contributed by atoms with Crippen LogP contribution >= 0.6 is 23.2 Å². The predicted molar refractivity (Wildman–Crippen MR) is 104 cm³/mol. The predicted octanol–water partition coefficient (Wildman–Crippen LogP) is 4.87. The maximum Gasteiger partial charge on any atom is 0.310 e. The monoisotopic (exact) mass is 387 g/mol. The van der Waals surface area contributed by atoms with Crippen LogP contribution < -0.4 is 5.32 Å². The zero-order chi connectivity index (χ0) is 18.5. The van der Waals surface area contributed by atoms with Crippen LogP contribution in [0.5, 0.6) is 0 Å². The molecule has 0 bridgehead atoms. The number of nitrogens with one attached hydrogen (secondary N) is 1. The van der Waals surface area contributed by atoms with E-state index in [0.717, 1.165) is 16.3 Å². The van der Waals surface area contributed by atoms with Crippen LogP contribution in [-0.2, 0) is 20.7 Å². The first-order chi connectivity index (χ1) is 12.5. The van der Waals surface area contributed by atoms with Crippen LogP contribution in [0, 0.1) is 0 Å². The number of anilines is 1. The Balaban J connectivity index is 1.58. The van der Waals surface area contributed by atoms with Gasteiger partial charge >= 0.3 is 5.97 Å². The molecule has 0 spiro atoms. The minimum absolute atomic E-state index is 0.0898. The molecule has 0 unspecified atom stereocenters. The fourth-order valence-electron chi connectivity index (χ4n) is 2.58.